The fraction of sp³-hybridized carbons (Fsp3) is 0.538. The summed E-state index contributed by atoms with van der Waals surface area (Å²) in [5, 5.41) is 0. The molecule has 1 aliphatic heterocycles. The molecule has 18 heavy (non-hydrogen) atoms. The molecule has 0 bridgehead atoms. The molecule has 5 heteroatoms. The van der Waals surface area contributed by atoms with Gasteiger partial charge in [-0.2, -0.15) is 4.31 Å². The van der Waals surface area contributed by atoms with Crippen LogP contribution in [0.2, 0.25) is 0 Å². The van der Waals surface area contributed by atoms with E-state index in [0.29, 0.717) is 18.0 Å². The molecule has 0 saturated carbocycles. The highest BCUT2D eigenvalue weighted by molar-refractivity contribution is 7.89. The molecule has 1 atom stereocenters. The summed E-state index contributed by atoms with van der Waals surface area (Å²) >= 11 is 0. The highest BCUT2D eigenvalue weighted by Gasteiger charge is 2.34. The third-order valence-electron chi connectivity index (χ3n) is 3.54. The van der Waals surface area contributed by atoms with E-state index >= 15 is 0 Å². The molecular weight excluding hydrogens is 248 g/mol. The van der Waals surface area contributed by atoms with Crippen molar-refractivity contribution >= 4 is 10.0 Å². The van der Waals surface area contributed by atoms with Crippen LogP contribution in [0.25, 0.3) is 0 Å². The van der Waals surface area contributed by atoms with Gasteiger partial charge in [-0.15, -0.1) is 0 Å². The normalized spacial score (nSPS) is 21.3. The molecule has 0 radical (unpaired) electrons. The molecule has 1 saturated heterocycles. The zero-order valence-electron chi connectivity index (χ0n) is 10.7. The monoisotopic (exact) mass is 268 g/mol. The Morgan fingerprint density at radius 3 is 2.89 bits per heavy atom. The second kappa shape index (κ2) is 5.38. The SMILES string of the molecule is CCC1CCCN1S(=O)(=O)c1cccc(CN)c1. The quantitative estimate of drug-likeness (QED) is 0.904. The highest BCUT2D eigenvalue weighted by atomic mass is 32.2. The number of rotatable bonds is 4. The Bertz CT molecular complexity index is 513. The highest BCUT2D eigenvalue weighted by Crippen LogP contribution is 2.27. The molecule has 100 valence electrons. The van der Waals surface area contributed by atoms with Crippen LogP contribution in [0.4, 0.5) is 0 Å². The Morgan fingerprint density at radius 2 is 2.22 bits per heavy atom. The molecule has 0 aliphatic carbocycles. The van der Waals surface area contributed by atoms with E-state index in [2.05, 4.69) is 0 Å². The van der Waals surface area contributed by atoms with E-state index in [9.17, 15) is 8.42 Å². The minimum absolute atomic E-state index is 0.150. The van der Waals surface area contributed by atoms with Gasteiger partial charge in [0.15, 0.2) is 0 Å². The Morgan fingerprint density at radius 1 is 1.44 bits per heavy atom. The van der Waals surface area contributed by atoms with Crippen molar-refractivity contribution < 1.29 is 8.42 Å². The third kappa shape index (κ3) is 2.43. The number of sulfonamides is 1. The summed E-state index contributed by atoms with van der Waals surface area (Å²) in [6.45, 7) is 3.03. The lowest BCUT2D eigenvalue weighted by Gasteiger charge is -2.23. The Balaban J connectivity index is 2.35. The summed E-state index contributed by atoms with van der Waals surface area (Å²) in [4.78, 5) is 0.366. The van der Waals surface area contributed by atoms with Gasteiger partial charge in [0.2, 0.25) is 10.0 Å². The maximum absolute atomic E-state index is 12.6. The number of nitrogens with two attached hydrogens (primary N) is 1. The Hall–Kier alpha value is -0.910. The lowest BCUT2D eigenvalue weighted by molar-refractivity contribution is 0.379. The van der Waals surface area contributed by atoms with Crippen LogP contribution in [-0.4, -0.2) is 25.3 Å². The first kappa shape index (κ1) is 13.5. The lowest BCUT2D eigenvalue weighted by atomic mass is 10.2. The minimum atomic E-state index is -3.35. The van der Waals surface area contributed by atoms with Crippen molar-refractivity contribution in [3.05, 3.63) is 29.8 Å². The van der Waals surface area contributed by atoms with Gasteiger partial charge in [0.05, 0.1) is 4.90 Å². The van der Waals surface area contributed by atoms with Crippen LogP contribution in [0.3, 0.4) is 0 Å². The predicted octanol–water partition coefficient (Wildman–Crippen LogP) is 1.71. The topological polar surface area (TPSA) is 63.4 Å². The first-order valence-corrected chi connectivity index (χ1v) is 7.84. The molecule has 1 aromatic rings. The fourth-order valence-electron chi connectivity index (χ4n) is 2.50. The van der Waals surface area contributed by atoms with E-state index < -0.39 is 10.0 Å². The minimum Gasteiger partial charge on any atom is -0.326 e. The molecule has 1 unspecified atom stereocenters. The Kier molecular flexibility index (Phi) is 4.04. The molecule has 1 fully saturated rings. The van der Waals surface area contributed by atoms with Gasteiger partial charge in [0.25, 0.3) is 0 Å². The first-order valence-electron chi connectivity index (χ1n) is 6.40. The van der Waals surface area contributed by atoms with Crippen molar-refractivity contribution in [2.24, 2.45) is 5.73 Å². The molecule has 4 nitrogen and oxygen atoms in total. The van der Waals surface area contributed by atoms with Crippen LogP contribution in [0, 0.1) is 0 Å². The Labute approximate surface area is 109 Å². The number of hydrogen-bond donors (Lipinski definition) is 1. The molecule has 1 aliphatic rings. The number of hydrogen-bond acceptors (Lipinski definition) is 3. The van der Waals surface area contributed by atoms with Crippen LogP contribution in [0.5, 0.6) is 0 Å². The van der Waals surface area contributed by atoms with Gasteiger partial charge >= 0.3 is 0 Å². The van der Waals surface area contributed by atoms with Crippen LogP contribution in [0.15, 0.2) is 29.2 Å². The molecule has 0 spiro atoms. The maximum atomic E-state index is 12.6. The molecule has 0 aromatic heterocycles. The zero-order chi connectivity index (χ0) is 13.2. The summed E-state index contributed by atoms with van der Waals surface area (Å²) < 4.78 is 26.8. The summed E-state index contributed by atoms with van der Waals surface area (Å²) in [5.74, 6) is 0. The summed E-state index contributed by atoms with van der Waals surface area (Å²) in [6.07, 6.45) is 2.79. The molecule has 0 amide bonds. The summed E-state index contributed by atoms with van der Waals surface area (Å²) in [5.41, 5.74) is 6.41. The lowest BCUT2D eigenvalue weighted by Crippen LogP contribution is -2.35. The van der Waals surface area contributed by atoms with Gasteiger partial charge in [0.1, 0.15) is 0 Å². The third-order valence-corrected chi connectivity index (χ3v) is 5.48. The first-order chi connectivity index (χ1) is 8.59. The van der Waals surface area contributed by atoms with Gasteiger partial charge in [-0.25, -0.2) is 8.42 Å². The second-order valence-corrected chi connectivity index (χ2v) is 6.56. The van der Waals surface area contributed by atoms with Gasteiger partial charge in [-0.05, 0) is 37.0 Å². The number of nitrogens with zero attached hydrogens (tertiary/aromatic N) is 1. The van der Waals surface area contributed by atoms with Gasteiger partial charge in [0, 0.05) is 19.1 Å². The standard InChI is InChI=1S/C13H20N2O2S/c1-2-12-6-4-8-15(12)18(16,17)13-7-3-5-11(9-13)10-14/h3,5,7,9,12H,2,4,6,8,10,14H2,1H3. The number of benzene rings is 1. The van der Waals surface area contributed by atoms with Crippen molar-refractivity contribution in [1.82, 2.24) is 4.31 Å². The molecular formula is C13H20N2O2S. The maximum Gasteiger partial charge on any atom is 0.243 e. The predicted molar refractivity (Wildman–Crippen MR) is 71.5 cm³/mol. The van der Waals surface area contributed by atoms with Crippen molar-refractivity contribution in [2.75, 3.05) is 6.54 Å². The summed E-state index contributed by atoms with van der Waals surface area (Å²) in [6, 6.07) is 7.09. The van der Waals surface area contributed by atoms with Gasteiger partial charge in [-0.1, -0.05) is 19.1 Å². The van der Waals surface area contributed by atoms with E-state index in [-0.39, 0.29) is 6.04 Å². The largest absolute Gasteiger partial charge is 0.326 e. The molecule has 1 aromatic carbocycles. The molecule has 2 N–H and O–H groups in total. The molecule has 2 rings (SSSR count). The van der Waals surface area contributed by atoms with Crippen LogP contribution in [0.1, 0.15) is 31.7 Å². The van der Waals surface area contributed by atoms with E-state index in [0.717, 1.165) is 24.8 Å². The second-order valence-electron chi connectivity index (χ2n) is 4.67. The van der Waals surface area contributed by atoms with E-state index in [1.165, 1.54) is 0 Å². The van der Waals surface area contributed by atoms with Crippen molar-refractivity contribution in [1.29, 1.82) is 0 Å². The van der Waals surface area contributed by atoms with Gasteiger partial charge < -0.3 is 5.73 Å². The van der Waals surface area contributed by atoms with Crippen molar-refractivity contribution in [3.8, 4) is 0 Å². The average molecular weight is 268 g/mol. The van der Waals surface area contributed by atoms with E-state index in [1.54, 1.807) is 22.5 Å². The average Bonchev–Trinajstić information content (AvgIpc) is 2.88. The van der Waals surface area contributed by atoms with E-state index in [4.69, 9.17) is 5.73 Å². The van der Waals surface area contributed by atoms with Crippen molar-refractivity contribution in [3.63, 3.8) is 0 Å². The van der Waals surface area contributed by atoms with Crippen molar-refractivity contribution in [2.45, 2.75) is 43.7 Å². The zero-order valence-corrected chi connectivity index (χ0v) is 11.5. The fourth-order valence-corrected chi connectivity index (χ4v) is 4.34. The van der Waals surface area contributed by atoms with Gasteiger partial charge in [-0.3, -0.25) is 0 Å². The van der Waals surface area contributed by atoms with Crippen LogP contribution in [-0.2, 0) is 16.6 Å². The van der Waals surface area contributed by atoms with Crippen LogP contribution >= 0.6 is 0 Å². The summed E-state index contributed by atoms with van der Waals surface area (Å²) in [7, 11) is -3.35. The smallest absolute Gasteiger partial charge is 0.243 e. The molecule has 1 heterocycles. The van der Waals surface area contributed by atoms with Crippen LogP contribution < -0.4 is 5.73 Å². The van der Waals surface area contributed by atoms with E-state index in [1.807, 2.05) is 13.0 Å².